The summed E-state index contributed by atoms with van der Waals surface area (Å²) in [5.41, 5.74) is 5.36. The third-order valence-electron chi connectivity index (χ3n) is 3.97. The number of rotatable bonds is 4. The van der Waals surface area contributed by atoms with Crippen LogP contribution in [0.25, 0.3) is 16.8 Å². The highest BCUT2D eigenvalue weighted by Gasteiger charge is 2.12. The van der Waals surface area contributed by atoms with Crippen molar-refractivity contribution in [3.8, 4) is 11.1 Å². The van der Waals surface area contributed by atoms with E-state index in [1.165, 1.54) is 5.56 Å². The van der Waals surface area contributed by atoms with Crippen molar-refractivity contribution in [1.29, 1.82) is 0 Å². The van der Waals surface area contributed by atoms with Gasteiger partial charge < -0.3 is 5.32 Å². The van der Waals surface area contributed by atoms with Gasteiger partial charge in [-0.15, -0.1) is 0 Å². The number of benzene rings is 1. The molecule has 22 heavy (non-hydrogen) atoms. The van der Waals surface area contributed by atoms with Crippen molar-refractivity contribution in [1.82, 2.24) is 14.6 Å². The van der Waals surface area contributed by atoms with Crippen LogP contribution < -0.4 is 5.32 Å². The number of nitrogens with zero attached hydrogens (tertiary/aromatic N) is 3. The number of nitrogens with one attached hydrogen (secondary N) is 1. The fourth-order valence-corrected chi connectivity index (χ4v) is 2.48. The van der Waals surface area contributed by atoms with Crippen LogP contribution in [-0.4, -0.2) is 20.6 Å². The zero-order valence-corrected chi connectivity index (χ0v) is 13.6. The highest BCUT2D eigenvalue weighted by Crippen LogP contribution is 2.26. The van der Waals surface area contributed by atoms with E-state index in [1.807, 2.05) is 23.7 Å². The van der Waals surface area contributed by atoms with Crippen LogP contribution in [-0.2, 0) is 0 Å². The van der Waals surface area contributed by atoms with Crippen LogP contribution in [0.1, 0.15) is 31.5 Å². The molecule has 1 N–H and O–H groups in total. The van der Waals surface area contributed by atoms with Gasteiger partial charge in [0, 0.05) is 23.4 Å². The molecule has 0 aliphatic carbocycles. The minimum atomic E-state index is 0.400. The lowest BCUT2D eigenvalue weighted by molar-refractivity contribution is 0.748. The summed E-state index contributed by atoms with van der Waals surface area (Å²) in [6.07, 6.45) is 2.96. The largest absolute Gasteiger partial charge is 0.367 e. The summed E-state index contributed by atoms with van der Waals surface area (Å²) in [5, 5.41) is 8.05. The Bertz CT molecular complexity index is 787. The molecule has 3 rings (SSSR count). The second-order valence-electron chi connectivity index (χ2n) is 5.90. The molecule has 2 aromatic heterocycles. The SMILES string of the molecule is CC[C@H](C)Nc1cc(C)nc2c(-c3ccc(C)cc3)cnn12. The fraction of sp³-hybridized carbons (Fsp3) is 0.333. The van der Waals surface area contributed by atoms with Gasteiger partial charge in [0.1, 0.15) is 5.82 Å². The third-order valence-corrected chi connectivity index (χ3v) is 3.97. The minimum absolute atomic E-state index is 0.400. The lowest BCUT2D eigenvalue weighted by atomic mass is 10.1. The molecule has 0 aliphatic rings. The number of anilines is 1. The van der Waals surface area contributed by atoms with Gasteiger partial charge in [0.25, 0.3) is 0 Å². The maximum Gasteiger partial charge on any atom is 0.165 e. The number of hydrogen-bond donors (Lipinski definition) is 1. The van der Waals surface area contributed by atoms with Crippen LogP contribution in [0.2, 0.25) is 0 Å². The summed E-state index contributed by atoms with van der Waals surface area (Å²) in [6, 6.07) is 10.9. The van der Waals surface area contributed by atoms with Crippen molar-refractivity contribution < 1.29 is 0 Å². The Balaban J connectivity index is 2.12. The molecule has 0 bridgehead atoms. The van der Waals surface area contributed by atoms with E-state index in [9.17, 15) is 0 Å². The lowest BCUT2D eigenvalue weighted by Crippen LogP contribution is -2.16. The van der Waals surface area contributed by atoms with E-state index < -0.39 is 0 Å². The van der Waals surface area contributed by atoms with Gasteiger partial charge in [0.15, 0.2) is 5.65 Å². The topological polar surface area (TPSA) is 42.2 Å². The first-order valence-electron chi connectivity index (χ1n) is 7.77. The summed E-state index contributed by atoms with van der Waals surface area (Å²) < 4.78 is 1.90. The van der Waals surface area contributed by atoms with Crippen molar-refractivity contribution in [2.75, 3.05) is 5.32 Å². The summed E-state index contributed by atoms with van der Waals surface area (Å²) in [5.74, 6) is 0.996. The van der Waals surface area contributed by atoms with E-state index in [1.54, 1.807) is 0 Å². The van der Waals surface area contributed by atoms with Crippen LogP contribution in [0.4, 0.5) is 5.82 Å². The number of aromatic nitrogens is 3. The molecule has 3 aromatic rings. The average molecular weight is 294 g/mol. The molecule has 0 radical (unpaired) electrons. The molecule has 0 amide bonds. The lowest BCUT2D eigenvalue weighted by Gasteiger charge is -2.14. The van der Waals surface area contributed by atoms with Gasteiger partial charge in [-0.25, -0.2) is 4.98 Å². The Morgan fingerprint density at radius 3 is 2.59 bits per heavy atom. The summed E-state index contributed by atoms with van der Waals surface area (Å²) in [6.45, 7) is 8.46. The van der Waals surface area contributed by atoms with Crippen molar-refractivity contribution >= 4 is 11.5 Å². The highest BCUT2D eigenvalue weighted by molar-refractivity contribution is 5.78. The smallest absolute Gasteiger partial charge is 0.165 e. The van der Waals surface area contributed by atoms with Crippen LogP contribution in [0.15, 0.2) is 36.5 Å². The highest BCUT2D eigenvalue weighted by atomic mass is 15.3. The Kier molecular flexibility index (Phi) is 3.84. The first-order valence-corrected chi connectivity index (χ1v) is 7.77. The maximum atomic E-state index is 4.69. The van der Waals surface area contributed by atoms with Crippen LogP contribution in [0, 0.1) is 13.8 Å². The van der Waals surface area contributed by atoms with E-state index in [0.717, 1.165) is 34.7 Å². The molecule has 1 aromatic carbocycles. The molecule has 0 saturated carbocycles. The van der Waals surface area contributed by atoms with Gasteiger partial charge in [0.05, 0.1) is 6.20 Å². The van der Waals surface area contributed by atoms with E-state index in [2.05, 4.69) is 60.4 Å². The second kappa shape index (κ2) is 5.79. The molecular formula is C18H22N4. The molecule has 4 heteroatoms. The van der Waals surface area contributed by atoms with Gasteiger partial charge in [-0.3, -0.25) is 0 Å². The maximum absolute atomic E-state index is 4.69. The molecule has 0 aliphatic heterocycles. The number of aryl methyl sites for hydroxylation is 2. The Morgan fingerprint density at radius 1 is 1.18 bits per heavy atom. The second-order valence-corrected chi connectivity index (χ2v) is 5.90. The standard InChI is InChI=1S/C18H22N4/c1-5-13(3)20-17-10-14(4)21-18-16(11-19-22(17)18)15-8-6-12(2)7-9-15/h6-11,13,20H,5H2,1-4H3/t13-/m0/s1. The molecular weight excluding hydrogens is 272 g/mol. The van der Waals surface area contributed by atoms with E-state index >= 15 is 0 Å². The molecule has 0 unspecified atom stereocenters. The quantitative estimate of drug-likeness (QED) is 0.783. The van der Waals surface area contributed by atoms with Gasteiger partial charge in [-0.2, -0.15) is 9.61 Å². The predicted octanol–water partition coefficient (Wildman–Crippen LogP) is 4.22. The number of fused-ring (bicyclic) bond motifs is 1. The molecule has 4 nitrogen and oxygen atoms in total. The average Bonchev–Trinajstić information content (AvgIpc) is 2.91. The van der Waals surface area contributed by atoms with Crippen molar-refractivity contribution in [2.24, 2.45) is 0 Å². The monoisotopic (exact) mass is 294 g/mol. The first-order chi connectivity index (χ1) is 10.6. The van der Waals surface area contributed by atoms with E-state index in [4.69, 9.17) is 0 Å². The Labute approximate surface area is 131 Å². The zero-order valence-electron chi connectivity index (χ0n) is 13.6. The Morgan fingerprint density at radius 2 is 1.91 bits per heavy atom. The summed E-state index contributed by atoms with van der Waals surface area (Å²) >= 11 is 0. The molecule has 2 heterocycles. The van der Waals surface area contributed by atoms with E-state index in [0.29, 0.717) is 6.04 Å². The molecule has 0 spiro atoms. The van der Waals surface area contributed by atoms with Gasteiger partial charge in [0.2, 0.25) is 0 Å². The third kappa shape index (κ3) is 2.69. The van der Waals surface area contributed by atoms with Gasteiger partial charge >= 0.3 is 0 Å². The van der Waals surface area contributed by atoms with Crippen molar-refractivity contribution in [2.45, 2.75) is 40.2 Å². The molecule has 1 atom stereocenters. The summed E-state index contributed by atoms with van der Waals surface area (Å²) in [7, 11) is 0. The first kappa shape index (κ1) is 14.6. The molecule has 0 saturated heterocycles. The molecule has 0 fully saturated rings. The van der Waals surface area contributed by atoms with Gasteiger partial charge in [-0.1, -0.05) is 36.8 Å². The van der Waals surface area contributed by atoms with Crippen molar-refractivity contribution in [3.63, 3.8) is 0 Å². The fourth-order valence-electron chi connectivity index (χ4n) is 2.48. The van der Waals surface area contributed by atoms with Crippen LogP contribution in [0.5, 0.6) is 0 Å². The predicted molar refractivity (Wildman–Crippen MR) is 91.3 cm³/mol. The number of hydrogen-bond acceptors (Lipinski definition) is 3. The normalized spacial score (nSPS) is 12.5. The van der Waals surface area contributed by atoms with Crippen molar-refractivity contribution in [3.05, 3.63) is 47.8 Å². The summed E-state index contributed by atoms with van der Waals surface area (Å²) in [4.78, 5) is 4.69. The van der Waals surface area contributed by atoms with Crippen LogP contribution in [0.3, 0.4) is 0 Å². The zero-order chi connectivity index (χ0) is 15.7. The molecule has 114 valence electrons. The minimum Gasteiger partial charge on any atom is -0.367 e. The van der Waals surface area contributed by atoms with E-state index in [-0.39, 0.29) is 0 Å². The Hall–Kier alpha value is -2.36. The van der Waals surface area contributed by atoms with Crippen LogP contribution >= 0.6 is 0 Å². The van der Waals surface area contributed by atoms with Gasteiger partial charge in [-0.05, 0) is 32.8 Å².